The largest absolute Gasteiger partial charge is 0.381 e. The second-order valence-corrected chi connectivity index (χ2v) is 7.73. The number of nitrogens with zero attached hydrogens (tertiary/aromatic N) is 1. The van der Waals surface area contributed by atoms with Gasteiger partial charge < -0.3 is 15.0 Å². The van der Waals surface area contributed by atoms with Gasteiger partial charge in [-0.15, -0.1) is 0 Å². The van der Waals surface area contributed by atoms with Gasteiger partial charge in [0.25, 0.3) is 0 Å². The first-order valence-electron chi connectivity index (χ1n) is 10.2. The first-order chi connectivity index (χ1) is 14.1. The van der Waals surface area contributed by atoms with E-state index in [4.69, 9.17) is 4.74 Å². The minimum atomic E-state index is 0.0230. The summed E-state index contributed by atoms with van der Waals surface area (Å²) < 4.78 is 5.37. The molecule has 150 valence electrons. The van der Waals surface area contributed by atoms with Crippen LogP contribution in [-0.4, -0.2) is 29.1 Å². The average Bonchev–Trinajstić information content (AvgIpc) is 3.27. The molecule has 1 aliphatic rings. The standard InChI is InChI=1S/C24H27N3O2/c1-16-5-3-8-21(17(16)2)23(22-14-25-15-26-22)19-6-4-7-20(13-19)27-24(28)18-9-11-29-12-10-18/h3-8,13-15,18,23H,9-12H2,1-2H3,(H,25,26)(H,27,28). The second kappa shape index (κ2) is 8.62. The fourth-order valence-corrected chi connectivity index (χ4v) is 4.04. The topological polar surface area (TPSA) is 67.0 Å². The molecule has 1 fully saturated rings. The Morgan fingerprint density at radius 2 is 1.97 bits per heavy atom. The van der Waals surface area contributed by atoms with E-state index in [2.05, 4.69) is 59.5 Å². The van der Waals surface area contributed by atoms with Crippen molar-refractivity contribution < 1.29 is 9.53 Å². The van der Waals surface area contributed by atoms with Gasteiger partial charge in [-0.2, -0.15) is 0 Å². The SMILES string of the molecule is Cc1cccc(C(c2cccc(NC(=O)C3CCOCC3)c2)c2cnc[nH]2)c1C. The molecule has 1 unspecified atom stereocenters. The Labute approximate surface area is 171 Å². The molecule has 0 spiro atoms. The normalized spacial score (nSPS) is 15.8. The maximum absolute atomic E-state index is 12.7. The van der Waals surface area contributed by atoms with Gasteiger partial charge in [0.1, 0.15) is 0 Å². The minimum Gasteiger partial charge on any atom is -0.381 e. The Morgan fingerprint density at radius 1 is 1.17 bits per heavy atom. The van der Waals surface area contributed by atoms with Crippen LogP contribution in [0.1, 0.15) is 46.7 Å². The number of amides is 1. The van der Waals surface area contributed by atoms with E-state index in [0.29, 0.717) is 13.2 Å². The number of benzene rings is 2. The molecule has 4 rings (SSSR count). The zero-order valence-electron chi connectivity index (χ0n) is 16.9. The third-order valence-electron chi connectivity index (χ3n) is 5.87. The summed E-state index contributed by atoms with van der Waals surface area (Å²) in [6, 6.07) is 14.5. The highest BCUT2D eigenvalue weighted by molar-refractivity contribution is 5.92. The van der Waals surface area contributed by atoms with Gasteiger partial charge in [0.15, 0.2) is 0 Å². The summed E-state index contributed by atoms with van der Waals surface area (Å²) in [5.41, 5.74) is 6.75. The van der Waals surface area contributed by atoms with Gasteiger partial charge >= 0.3 is 0 Å². The number of nitrogens with one attached hydrogen (secondary N) is 2. The molecule has 1 aromatic heterocycles. The van der Waals surface area contributed by atoms with Gasteiger partial charge in [0.05, 0.1) is 12.2 Å². The van der Waals surface area contributed by atoms with Gasteiger partial charge in [-0.1, -0.05) is 30.3 Å². The van der Waals surface area contributed by atoms with Crippen LogP contribution in [0.5, 0.6) is 0 Å². The van der Waals surface area contributed by atoms with Gasteiger partial charge in [-0.3, -0.25) is 4.79 Å². The van der Waals surface area contributed by atoms with Crippen molar-refractivity contribution in [2.24, 2.45) is 5.92 Å². The Balaban J connectivity index is 1.66. The molecule has 1 atom stereocenters. The molecular formula is C24H27N3O2. The molecule has 1 amide bonds. The molecule has 0 radical (unpaired) electrons. The number of aryl methyl sites for hydroxylation is 1. The van der Waals surface area contributed by atoms with E-state index in [0.717, 1.165) is 29.8 Å². The molecule has 3 aromatic rings. The molecule has 1 saturated heterocycles. The van der Waals surface area contributed by atoms with Crippen LogP contribution in [0.3, 0.4) is 0 Å². The molecule has 2 aromatic carbocycles. The Hall–Kier alpha value is -2.92. The van der Waals surface area contributed by atoms with Crippen LogP contribution in [0.2, 0.25) is 0 Å². The zero-order valence-corrected chi connectivity index (χ0v) is 16.9. The zero-order chi connectivity index (χ0) is 20.2. The summed E-state index contributed by atoms with van der Waals surface area (Å²) >= 11 is 0. The number of aromatic amines is 1. The van der Waals surface area contributed by atoms with E-state index in [1.807, 2.05) is 18.3 Å². The van der Waals surface area contributed by atoms with Gasteiger partial charge in [-0.05, 0) is 61.1 Å². The van der Waals surface area contributed by atoms with Gasteiger partial charge in [0, 0.05) is 36.7 Å². The van der Waals surface area contributed by atoms with E-state index in [9.17, 15) is 4.79 Å². The predicted octanol–water partition coefficient (Wildman–Crippen LogP) is 4.57. The summed E-state index contributed by atoms with van der Waals surface area (Å²) in [5, 5.41) is 3.11. The fraction of sp³-hybridized carbons (Fsp3) is 0.333. The minimum absolute atomic E-state index is 0.0230. The lowest BCUT2D eigenvalue weighted by Gasteiger charge is -2.23. The van der Waals surface area contributed by atoms with Gasteiger partial charge in [0.2, 0.25) is 5.91 Å². The lowest BCUT2D eigenvalue weighted by molar-refractivity contribution is -0.122. The van der Waals surface area contributed by atoms with Crippen molar-refractivity contribution in [2.75, 3.05) is 18.5 Å². The number of rotatable bonds is 5. The molecule has 0 aliphatic carbocycles. The molecule has 5 nitrogen and oxygen atoms in total. The number of carbonyl (C=O) groups excluding carboxylic acids is 1. The Bertz CT molecular complexity index is 976. The van der Waals surface area contributed by atoms with E-state index in [-0.39, 0.29) is 17.7 Å². The lowest BCUT2D eigenvalue weighted by Crippen LogP contribution is -2.28. The van der Waals surface area contributed by atoms with Crippen molar-refractivity contribution in [1.82, 2.24) is 9.97 Å². The lowest BCUT2D eigenvalue weighted by atomic mass is 9.85. The number of hydrogen-bond donors (Lipinski definition) is 2. The Morgan fingerprint density at radius 3 is 2.72 bits per heavy atom. The maximum atomic E-state index is 12.7. The van der Waals surface area contributed by atoms with Crippen LogP contribution >= 0.6 is 0 Å². The molecule has 0 bridgehead atoms. The van der Waals surface area contributed by atoms with E-state index in [1.165, 1.54) is 16.7 Å². The molecule has 5 heteroatoms. The summed E-state index contributed by atoms with van der Waals surface area (Å²) in [4.78, 5) is 20.2. The molecule has 0 saturated carbocycles. The highest BCUT2D eigenvalue weighted by Crippen LogP contribution is 2.34. The molecule has 29 heavy (non-hydrogen) atoms. The van der Waals surface area contributed by atoms with Crippen molar-refractivity contribution in [2.45, 2.75) is 32.6 Å². The first-order valence-corrected chi connectivity index (χ1v) is 10.2. The monoisotopic (exact) mass is 389 g/mol. The van der Waals surface area contributed by atoms with Crippen LogP contribution in [-0.2, 0) is 9.53 Å². The number of anilines is 1. The van der Waals surface area contributed by atoms with Crippen molar-refractivity contribution in [3.05, 3.63) is 82.9 Å². The van der Waals surface area contributed by atoms with Crippen LogP contribution in [0, 0.1) is 19.8 Å². The smallest absolute Gasteiger partial charge is 0.227 e. The first kappa shape index (κ1) is 19.4. The summed E-state index contributed by atoms with van der Waals surface area (Å²) in [6.07, 6.45) is 5.15. The van der Waals surface area contributed by atoms with Crippen molar-refractivity contribution in [3.63, 3.8) is 0 Å². The number of hydrogen-bond acceptors (Lipinski definition) is 3. The molecule has 1 aliphatic heterocycles. The fourth-order valence-electron chi connectivity index (χ4n) is 4.04. The van der Waals surface area contributed by atoms with Crippen LogP contribution in [0.25, 0.3) is 0 Å². The van der Waals surface area contributed by atoms with Crippen LogP contribution in [0.4, 0.5) is 5.69 Å². The highest BCUT2D eigenvalue weighted by Gasteiger charge is 2.23. The number of ether oxygens (including phenoxy) is 1. The molecular weight excluding hydrogens is 362 g/mol. The quantitative estimate of drug-likeness (QED) is 0.672. The highest BCUT2D eigenvalue weighted by atomic mass is 16.5. The maximum Gasteiger partial charge on any atom is 0.227 e. The summed E-state index contributed by atoms with van der Waals surface area (Å²) in [7, 11) is 0. The number of imidazole rings is 1. The summed E-state index contributed by atoms with van der Waals surface area (Å²) in [6.45, 7) is 5.61. The number of H-pyrrole nitrogens is 1. The van der Waals surface area contributed by atoms with E-state index in [1.54, 1.807) is 6.33 Å². The van der Waals surface area contributed by atoms with Gasteiger partial charge in [-0.25, -0.2) is 4.98 Å². The molecule has 2 heterocycles. The predicted molar refractivity (Wildman–Crippen MR) is 114 cm³/mol. The third kappa shape index (κ3) is 4.25. The van der Waals surface area contributed by atoms with Crippen molar-refractivity contribution >= 4 is 11.6 Å². The van der Waals surface area contributed by atoms with E-state index < -0.39 is 0 Å². The van der Waals surface area contributed by atoms with Crippen LogP contribution in [0.15, 0.2) is 55.0 Å². The van der Waals surface area contributed by atoms with Crippen molar-refractivity contribution in [3.8, 4) is 0 Å². The van der Waals surface area contributed by atoms with Crippen molar-refractivity contribution in [1.29, 1.82) is 0 Å². The van der Waals surface area contributed by atoms with Crippen LogP contribution < -0.4 is 5.32 Å². The number of aromatic nitrogens is 2. The second-order valence-electron chi connectivity index (χ2n) is 7.73. The number of carbonyl (C=O) groups is 1. The average molecular weight is 389 g/mol. The molecule has 2 N–H and O–H groups in total. The summed E-state index contributed by atoms with van der Waals surface area (Å²) in [5.74, 6) is 0.127. The van der Waals surface area contributed by atoms with E-state index >= 15 is 0 Å². The third-order valence-corrected chi connectivity index (χ3v) is 5.87. The Kier molecular flexibility index (Phi) is 5.76.